The molecule has 0 fully saturated rings. The zero-order valence-corrected chi connectivity index (χ0v) is 19.7. The number of amides is 2. The van der Waals surface area contributed by atoms with Gasteiger partial charge in [-0.25, -0.2) is 4.79 Å². The number of anilines is 1. The lowest BCUT2D eigenvalue weighted by atomic mass is 9.94. The van der Waals surface area contributed by atoms with Crippen LogP contribution >= 0.6 is 0 Å². The summed E-state index contributed by atoms with van der Waals surface area (Å²) in [7, 11) is 0. The van der Waals surface area contributed by atoms with E-state index in [4.69, 9.17) is 11.1 Å². The Morgan fingerprint density at radius 1 is 0.943 bits per heavy atom. The summed E-state index contributed by atoms with van der Waals surface area (Å²) >= 11 is 0. The van der Waals surface area contributed by atoms with Crippen LogP contribution in [-0.2, 0) is 0 Å². The van der Waals surface area contributed by atoms with Crippen molar-refractivity contribution in [3.05, 3.63) is 83.2 Å². The minimum atomic E-state index is -1.24. The first-order chi connectivity index (χ1) is 16.5. The van der Waals surface area contributed by atoms with Gasteiger partial charge in [0, 0.05) is 41.3 Å². The lowest BCUT2D eigenvalue weighted by Gasteiger charge is -2.19. The minimum absolute atomic E-state index is 0.0870. The van der Waals surface area contributed by atoms with Crippen molar-refractivity contribution < 1.29 is 19.5 Å². The van der Waals surface area contributed by atoms with Gasteiger partial charge in [0.25, 0.3) is 11.8 Å². The van der Waals surface area contributed by atoms with Gasteiger partial charge in [0.1, 0.15) is 5.84 Å². The van der Waals surface area contributed by atoms with Gasteiger partial charge < -0.3 is 21.5 Å². The summed E-state index contributed by atoms with van der Waals surface area (Å²) < 4.78 is 0. The average molecular weight is 474 g/mol. The van der Waals surface area contributed by atoms with Crippen LogP contribution in [0.4, 0.5) is 5.69 Å². The van der Waals surface area contributed by atoms with E-state index in [0.717, 1.165) is 0 Å². The zero-order chi connectivity index (χ0) is 25.8. The van der Waals surface area contributed by atoms with Crippen molar-refractivity contribution in [3.63, 3.8) is 0 Å². The van der Waals surface area contributed by atoms with E-state index in [9.17, 15) is 19.5 Å². The van der Waals surface area contributed by atoms with Gasteiger partial charge in [-0.3, -0.25) is 20.0 Å². The maximum absolute atomic E-state index is 13.0. The predicted octanol–water partition coefficient (Wildman–Crippen LogP) is 3.76. The molecule has 0 spiro atoms. The van der Waals surface area contributed by atoms with Crippen LogP contribution in [0.25, 0.3) is 11.1 Å². The molecule has 0 bridgehead atoms. The van der Waals surface area contributed by atoms with E-state index in [-0.39, 0.29) is 39.4 Å². The van der Waals surface area contributed by atoms with Crippen molar-refractivity contribution in [1.82, 2.24) is 10.3 Å². The third-order valence-corrected chi connectivity index (χ3v) is 5.10. The number of pyridine rings is 1. The highest BCUT2D eigenvalue weighted by molar-refractivity contribution is 6.11. The number of rotatable bonds is 7. The van der Waals surface area contributed by atoms with Gasteiger partial charge in [-0.05, 0) is 53.4 Å². The van der Waals surface area contributed by atoms with Crippen LogP contribution in [0.15, 0.2) is 60.9 Å². The minimum Gasteiger partial charge on any atom is -0.478 e. The Balaban J connectivity index is 1.94. The van der Waals surface area contributed by atoms with E-state index in [1.54, 1.807) is 24.3 Å². The van der Waals surface area contributed by atoms with Gasteiger partial charge in [-0.15, -0.1) is 0 Å². The van der Waals surface area contributed by atoms with Gasteiger partial charge in [-0.1, -0.05) is 26.8 Å². The number of nitrogens with zero attached hydrogens (tertiary/aromatic N) is 1. The molecule has 1 heterocycles. The fraction of sp³-hybridized carbons (Fsp3) is 0.192. The maximum atomic E-state index is 13.0. The third kappa shape index (κ3) is 6.29. The second-order valence-corrected chi connectivity index (χ2v) is 9.18. The molecule has 3 aromatic rings. The van der Waals surface area contributed by atoms with Crippen molar-refractivity contribution in [2.75, 3.05) is 11.9 Å². The molecule has 0 atom stereocenters. The number of carboxylic acid groups (broad SMARTS) is 1. The Hall–Kier alpha value is -4.53. The number of amidine groups is 1. The fourth-order valence-electron chi connectivity index (χ4n) is 3.28. The van der Waals surface area contributed by atoms with Crippen LogP contribution in [0.5, 0.6) is 0 Å². The quantitative estimate of drug-likeness (QED) is 0.260. The van der Waals surface area contributed by atoms with Gasteiger partial charge in [0.15, 0.2) is 0 Å². The van der Waals surface area contributed by atoms with Gasteiger partial charge in [0.2, 0.25) is 0 Å². The first-order valence-corrected chi connectivity index (χ1v) is 10.8. The lowest BCUT2D eigenvalue weighted by Crippen LogP contribution is -2.32. The average Bonchev–Trinajstić information content (AvgIpc) is 2.82. The first-order valence-electron chi connectivity index (χ1n) is 10.8. The number of aromatic carboxylic acids is 1. The van der Waals surface area contributed by atoms with Crippen molar-refractivity contribution in [2.45, 2.75) is 20.8 Å². The number of carbonyl (C=O) groups is 3. The molecule has 0 unspecified atom stereocenters. The van der Waals surface area contributed by atoms with Crippen LogP contribution in [0.2, 0.25) is 0 Å². The summed E-state index contributed by atoms with van der Waals surface area (Å²) in [6.07, 6.45) is 2.85. The Labute approximate surface area is 202 Å². The molecule has 0 aliphatic rings. The van der Waals surface area contributed by atoms with Crippen LogP contribution < -0.4 is 16.4 Å². The molecule has 0 saturated heterocycles. The van der Waals surface area contributed by atoms with E-state index in [1.807, 2.05) is 20.8 Å². The monoisotopic (exact) mass is 473 g/mol. The molecule has 1 aromatic heterocycles. The number of benzene rings is 2. The lowest BCUT2D eigenvalue weighted by molar-refractivity contribution is 0.0697. The molecule has 0 radical (unpaired) electrons. The Bertz CT molecular complexity index is 1290. The second-order valence-electron chi connectivity index (χ2n) is 9.18. The molecule has 2 aromatic carbocycles. The second kappa shape index (κ2) is 10.2. The molecule has 35 heavy (non-hydrogen) atoms. The zero-order valence-electron chi connectivity index (χ0n) is 19.7. The van der Waals surface area contributed by atoms with Gasteiger partial charge in [0.05, 0.1) is 11.1 Å². The summed E-state index contributed by atoms with van der Waals surface area (Å²) in [6.45, 7) is 6.36. The number of nitrogen functional groups attached to an aromatic ring is 1. The third-order valence-electron chi connectivity index (χ3n) is 5.10. The van der Waals surface area contributed by atoms with Crippen LogP contribution in [0.3, 0.4) is 0 Å². The van der Waals surface area contributed by atoms with E-state index in [0.29, 0.717) is 23.4 Å². The smallest absolute Gasteiger partial charge is 0.336 e. The molecule has 0 aliphatic heterocycles. The summed E-state index contributed by atoms with van der Waals surface area (Å²) in [4.78, 5) is 41.7. The number of carbonyl (C=O) groups excluding carboxylic acids is 2. The molecule has 6 N–H and O–H groups in total. The van der Waals surface area contributed by atoms with E-state index >= 15 is 0 Å². The van der Waals surface area contributed by atoms with Crippen molar-refractivity contribution in [3.8, 4) is 11.1 Å². The molecule has 0 saturated carbocycles. The van der Waals surface area contributed by atoms with E-state index < -0.39 is 11.9 Å². The fourth-order valence-corrected chi connectivity index (χ4v) is 3.28. The number of carboxylic acids is 1. The van der Waals surface area contributed by atoms with Crippen molar-refractivity contribution in [1.29, 1.82) is 5.41 Å². The number of nitrogens with one attached hydrogen (secondary N) is 3. The molecule has 9 heteroatoms. The molecule has 2 amide bonds. The van der Waals surface area contributed by atoms with Crippen LogP contribution in [-0.4, -0.2) is 40.3 Å². The SMILES string of the molecule is CC(C)(C)CNC(=O)c1ccc(-c2cnccc2C(=O)Nc2ccc(C(=N)N)cc2)c(C(=O)O)c1. The van der Waals surface area contributed by atoms with Crippen LogP contribution in [0.1, 0.15) is 57.4 Å². The first kappa shape index (κ1) is 25.1. The number of hydrogen-bond donors (Lipinski definition) is 5. The normalized spacial score (nSPS) is 10.9. The highest BCUT2D eigenvalue weighted by Crippen LogP contribution is 2.28. The van der Waals surface area contributed by atoms with E-state index in [1.165, 1.54) is 36.7 Å². The van der Waals surface area contributed by atoms with Crippen molar-refractivity contribution >= 4 is 29.3 Å². The standard InChI is InChI=1S/C26H27N5O4/c1-26(2,3)14-30-23(32)16-6-9-18(20(12-16)25(34)35)21-13-29-11-10-19(21)24(33)31-17-7-4-15(5-8-17)22(27)28/h4-13H,14H2,1-3H3,(H3,27,28)(H,30,32)(H,31,33)(H,34,35). The molecule has 9 nitrogen and oxygen atoms in total. The van der Waals surface area contributed by atoms with E-state index in [2.05, 4.69) is 15.6 Å². The number of hydrogen-bond acceptors (Lipinski definition) is 5. The topological polar surface area (TPSA) is 158 Å². The Kier molecular flexibility index (Phi) is 7.29. The largest absolute Gasteiger partial charge is 0.478 e. The summed E-state index contributed by atoms with van der Waals surface area (Å²) in [5, 5.41) is 22.9. The van der Waals surface area contributed by atoms with Crippen molar-refractivity contribution in [2.24, 2.45) is 11.1 Å². The van der Waals surface area contributed by atoms with Gasteiger partial charge in [-0.2, -0.15) is 0 Å². The summed E-state index contributed by atoms with van der Waals surface area (Å²) in [6, 6.07) is 12.3. The molecule has 3 rings (SSSR count). The predicted molar refractivity (Wildman–Crippen MR) is 134 cm³/mol. The Morgan fingerprint density at radius 2 is 1.60 bits per heavy atom. The molecule has 180 valence electrons. The maximum Gasteiger partial charge on any atom is 0.336 e. The van der Waals surface area contributed by atoms with Gasteiger partial charge >= 0.3 is 5.97 Å². The Morgan fingerprint density at radius 3 is 2.20 bits per heavy atom. The molecular formula is C26H27N5O4. The summed E-state index contributed by atoms with van der Waals surface area (Å²) in [5.74, 6) is -2.18. The number of aromatic nitrogens is 1. The highest BCUT2D eigenvalue weighted by Gasteiger charge is 2.21. The molecule has 0 aliphatic carbocycles. The molecular weight excluding hydrogens is 446 g/mol. The van der Waals surface area contributed by atoms with Crippen LogP contribution in [0, 0.1) is 10.8 Å². The highest BCUT2D eigenvalue weighted by atomic mass is 16.4. The summed E-state index contributed by atoms with van der Waals surface area (Å²) in [5.41, 5.74) is 7.19. The number of nitrogens with two attached hydrogens (primary N) is 1.